The standard InChI is InChI=1S/C35H50N2O4/c1-22(37(6)7)31-29(39)20-35(5)28-15-14-27-25(19-26(28)17-18-34(31,35)4)13-16-30(33(27,3)21-41-23(2)38)36-32(40)24-11-9-8-10-12-24/h8-13,17,22,27-31,39H,14-16,18-21H2,1-7H3,(H,36,40). The average Bonchev–Trinajstić information content (AvgIpc) is 3.04. The van der Waals surface area contributed by atoms with Crippen LogP contribution in [0.3, 0.4) is 0 Å². The number of amides is 1. The Morgan fingerprint density at radius 1 is 1.05 bits per heavy atom. The summed E-state index contributed by atoms with van der Waals surface area (Å²) in [5, 5.41) is 14.8. The van der Waals surface area contributed by atoms with Crippen molar-refractivity contribution < 1.29 is 19.4 Å². The summed E-state index contributed by atoms with van der Waals surface area (Å²) in [6, 6.07) is 9.50. The van der Waals surface area contributed by atoms with E-state index in [1.54, 1.807) is 0 Å². The van der Waals surface area contributed by atoms with E-state index in [1.807, 2.05) is 30.3 Å². The van der Waals surface area contributed by atoms with Crippen molar-refractivity contribution in [1.82, 2.24) is 10.2 Å². The Labute approximate surface area is 246 Å². The summed E-state index contributed by atoms with van der Waals surface area (Å²) in [5.41, 5.74) is 3.18. The predicted molar refractivity (Wildman–Crippen MR) is 162 cm³/mol. The number of hydrogen-bond donors (Lipinski definition) is 2. The number of aliphatic hydroxyl groups is 1. The third-order valence-electron chi connectivity index (χ3n) is 12.2. The molecule has 0 aromatic heterocycles. The second-order valence-electron chi connectivity index (χ2n) is 14.4. The lowest BCUT2D eigenvalue weighted by Crippen LogP contribution is -2.54. The Hall–Kier alpha value is -2.44. The van der Waals surface area contributed by atoms with Gasteiger partial charge in [-0.15, -0.1) is 0 Å². The van der Waals surface area contributed by atoms with Crippen LogP contribution in [0.15, 0.2) is 53.6 Å². The maximum absolute atomic E-state index is 13.3. The Balaban J connectivity index is 1.45. The summed E-state index contributed by atoms with van der Waals surface area (Å²) < 4.78 is 5.72. The smallest absolute Gasteiger partial charge is 0.302 e. The van der Waals surface area contributed by atoms with Crippen molar-refractivity contribution in [3.05, 3.63) is 59.2 Å². The number of nitrogens with zero attached hydrogens (tertiary/aromatic N) is 1. The Kier molecular flexibility index (Phi) is 8.06. The van der Waals surface area contributed by atoms with Crippen LogP contribution in [0.25, 0.3) is 0 Å². The number of aliphatic hydroxyl groups excluding tert-OH is 1. The lowest BCUT2D eigenvalue weighted by molar-refractivity contribution is -0.146. The van der Waals surface area contributed by atoms with Gasteiger partial charge in [0, 0.05) is 35.9 Å². The molecule has 1 aromatic carbocycles. The normalized spacial score (nSPS) is 38.9. The number of esters is 1. The van der Waals surface area contributed by atoms with Gasteiger partial charge >= 0.3 is 5.97 Å². The van der Waals surface area contributed by atoms with Crippen LogP contribution in [0.4, 0.5) is 0 Å². The van der Waals surface area contributed by atoms with Gasteiger partial charge in [0.15, 0.2) is 0 Å². The van der Waals surface area contributed by atoms with Crippen LogP contribution >= 0.6 is 0 Å². The molecule has 5 rings (SSSR count). The maximum atomic E-state index is 13.3. The summed E-state index contributed by atoms with van der Waals surface area (Å²) in [7, 11) is 4.25. The van der Waals surface area contributed by atoms with Gasteiger partial charge in [-0.3, -0.25) is 9.59 Å². The van der Waals surface area contributed by atoms with E-state index in [2.05, 4.69) is 64.2 Å². The number of hydrogen-bond acceptors (Lipinski definition) is 5. The van der Waals surface area contributed by atoms with Gasteiger partial charge in [0.1, 0.15) is 0 Å². The van der Waals surface area contributed by atoms with Crippen molar-refractivity contribution in [2.24, 2.45) is 34.0 Å². The molecule has 0 radical (unpaired) electrons. The number of benzene rings is 1. The molecule has 41 heavy (non-hydrogen) atoms. The Morgan fingerprint density at radius 3 is 2.37 bits per heavy atom. The molecule has 0 bridgehead atoms. The molecule has 4 aliphatic carbocycles. The minimum absolute atomic E-state index is 0.00665. The van der Waals surface area contributed by atoms with Gasteiger partial charge in [0.2, 0.25) is 0 Å². The first-order valence-corrected chi connectivity index (χ1v) is 15.5. The third kappa shape index (κ3) is 4.99. The summed E-state index contributed by atoms with van der Waals surface area (Å²) >= 11 is 0. The van der Waals surface area contributed by atoms with Crippen LogP contribution < -0.4 is 5.32 Å². The summed E-state index contributed by atoms with van der Waals surface area (Å²) in [6.45, 7) is 11.1. The van der Waals surface area contributed by atoms with Crippen molar-refractivity contribution >= 4 is 11.9 Å². The number of ether oxygens (including phenoxy) is 1. The van der Waals surface area contributed by atoms with E-state index in [4.69, 9.17) is 4.74 Å². The molecule has 224 valence electrons. The third-order valence-corrected chi connectivity index (χ3v) is 12.2. The Bertz CT molecular complexity index is 1220. The second-order valence-corrected chi connectivity index (χ2v) is 14.4. The Morgan fingerprint density at radius 2 is 1.71 bits per heavy atom. The fourth-order valence-electron chi connectivity index (χ4n) is 9.42. The topological polar surface area (TPSA) is 78.9 Å². The van der Waals surface area contributed by atoms with Gasteiger partial charge < -0.3 is 20.1 Å². The molecule has 1 amide bonds. The van der Waals surface area contributed by atoms with E-state index in [0.717, 1.165) is 38.5 Å². The minimum Gasteiger partial charge on any atom is -0.465 e. The zero-order valence-corrected chi connectivity index (χ0v) is 26.1. The molecule has 0 heterocycles. The highest BCUT2D eigenvalue weighted by molar-refractivity contribution is 5.94. The van der Waals surface area contributed by atoms with Crippen LogP contribution in [-0.4, -0.2) is 60.8 Å². The van der Waals surface area contributed by atoms with Gasteiger partial charge in [-0.05, 0) is 94.3 Å². The van der Waals surface area contributed by atoms with Crippen molar-refractivity contribution in [1.29, 1.82) is 0 Å². The van der Waals surface area contributed by atoms with Crippen molar-refractivity contribution in [2.75, 3.05) is 20.7 Å². The van der Waals surface area contributed by atoms with E-state index >= 15 is 0 Å². The molecule has 2 saturated carbocycles. The van der Waals surface area contributed by atoms with E-state index in [0.29, 0.717) is 17.5 Å². The summed E-state index contributed by atoms with van der Waals surface area (Å²) in [6.07, 6.45) is 10.0. The van der Waals surface area contributed by atoms with E-state index < -0.39 is 5.41 Å². The lowest BCUT2D eigenvalue weighted by atomic mass is 9.51. The van der Waals surface area contributed by atoms with Crippen molar-refractivity contribution in [3.8, 4) is 0 Å². The predicted octanol–water partition coefficient (Wildman–Crippen LogP) is 5.77. The van der Waals surface area contributed by atoms with Crippen LogP contribution in [0.1, 0.15) is 83.5 Å². The van der Waals surface area contributed by atoms with E-state index in [9.17, 15) is 14.7 Å². The van der Waals surface area contributed by atoms with E-state index in [-0.39, 0.29) is 53.3 Å². The lowest BCUT2D eigenvalue weighted by Gasteiger charge is -2.54. The minimum atomic E-state index is -0.421. The average molecular weight is 563 g/mol. The monoisotopic (exact) mass is 562 g/mol. The van der Waals surface area contributed by atoms with Crippen LogP contribution in [-0.2, 0) is 9.53 Å². The molecule has 6 heteroatoms. The zero-order valence-electron chi connectivity index (χ0n) is 26.1. The number of rotatable bonds is 6. The molecule has 0 spiro atoms. The number of allylic oxidation sites excluding steroid dienone is 3. The molecule has 9 unspecified atom stereocenters. The molecule has 2 N–H and O–H groups in total. The molecule has 9 atom stereocenters. The van der Waals surface area contributed by atoms with Gasteiger partial charge in [-0.2, -0.15) is 0 Å². The van der Waals surface area contributed by atoms with Crippen molar-refractivity contribution in [3.63, 3.8) is 0 Å². The molecule has 2 fully saturated rings. The fourth-order valence-corrected chi connectivity index (χ4v) is 9.42. The fraction of sp³-hybridized carbons (Fsp3) is 0.657. The molecule has 6 nitrogen and oxygen atoms in total. The quantitative estimate of drug-likeness (QED) is 0.340. The molecular weight excluding hydrogens is 512 g/mol. The number of nitrogens with one attached hydrogen (secondary N) is 1. The molecule has 1 aromatic rings. The highest BCUT2D eigenvalue weighted by Gasteiger charge is 2.64. The largest absolute Gasteiger partial charge is 0.465 e. The van der Waals surface area contributed by atoms with Gasteiger partial charge in [-0.1, -0.05) is 62.3 Å². The second kappa shape index (κ2) is 11.0. The van der Waals surface area contributed by atoms with Crippen molar-refractivity contribution in [2.45, 2.75) is 91.3 Å². The first-order valence-electron chi connectivity index (χ1n) is 15.5. The van der Waals surface area contributed by atoms with Gasteiger partial charge in [-0.25, -0.2) is 0 Å². The highest BCUT2D eigenvalue weighted by Crippen LogP contribution is 2.68. The SMILES string of the molecule is CC(=O)OCC1(C)C(NC(=O)c2ccccc2)CC=C2CC3=CCC4(C)C(C(C)N(C)C)C(O)CC4(C)C3CCC21. The molecule has 0 saturated heterocycles. The maximum Gasteiger partial charge on any atom is 0.302 e. The first-order chi connectivity index (χ1) is 19.3. The molecule has 4 aliphatic rings. The van der Waals surface area contributed by atoms with E-state index in [1.165, 1.54) is 18.1 Å². The van der Waals surface area contributed by atoms with Crippen LogP contribution in [0.5, 0.6) is 0 Å². The molecular formula is C35H50N2O4. The highest BCUT2D eigenvalue weighted by atomic mass is 16.5. The summed E-state index contributed by atoms with van der Waals surface area (Å²) in [5.74, 6) is 0.440. The van der Waals surface area contributed by atoms with Gasteiger partial charge in [0.05, 0.1) is 12.7 Å². The molecule has 0 aliphatic heterocycles. The number of carbonyl (C=O) groups excluding carboxylic acids is 2. The summed E-state index contributed by atoms with van der Waals surface area (Å²) in [4.78, 5) is 27.5. The zero-order chi connectivity index (χ0) is 29.7. The number of carbonyl (C=O) groups is 2. The first kappa shape index (κ1) is 30.0. The van der Waals surface area contributed by atoms with Crippen LogP contribution in [0.2, 0.25) is 0 Å². The number of fused-ring (bicyclic) bond motifs is 4. The van der Waals surface area contributed by atoms with Gasteiger partial charge in [0.25, 0.3) is 5.91 Å². The van der Waals surface area contributed by atoms with Crippen LogP contribution in [0, 0.1) is 34.0 Å².